The van der Waals surface area contributed by atoms with Crippen LogP contribution >= 0.6 is 0 Å². The largest absolute Gasteiger partial charge is 0.352 e. The van der Waals surface area contributed by atoms with Gasteiger partial charge < -0.3 is 9.47 Å². The molecule has 0 aliphatic rings. The van der Waals surface area contributed by atoms with Crippen LogP contribution in [0.25, 0.3) is 0 Å². The maximum Gasteiger partial charge on any atom is 0.241 e. The Kier molecular flexibility index (Phi) is 6.73. The summed E-state index contributed by atoms with van der Waals surface area (Å²) in [7, 11) is -3.75. The molecule has 5 nitrogen and oxygen atoms in total. The smallest absolute Gasteiger partial charge is 0.241 e. The van der Waals surface area contributed by atoms with Crippen LogP contribution in [0, 0.1) is 19.7 Å². The second kappa shape index (κ2) is 7.84. The lowest BCUT2D eigenvalue weighted by Gasteiger charge is -2.18. The standard InChI is InChI=1S/C14H22FNO4S/c1-5-19-13(20-6-2)9-16-21(17,18)14-10(3)7-12(15)8-11(14)4/h7-8,13,16H,5-6,9H2,1-4H3. The van der Waals surface area contributed by atoms with E-state index < -0.39 is 22.1 Å². The van der Waals surface area contributed by atoms with E-state index in [0.717, 1.165) is 0 Å². The molecule has 7 heteroatoms. The summed E-state index contributed by atoms with van der Waals surface area (Å²) in [5.41, 5.74) is 0.730. The highest BCUT2D eigenvalue weighted by Crippen LogP contribution is 2.21. The zero-order valence-corrected chi connectivity index (χ0v) is 13.6. The summed E-state index contributed by atoms with van der Waals surface area (Å²) in [5.74, 6) is -0.453. The van der Waals surface area contributed by atoms with Crippen LogP contribution in [0.15, 0.2) is 17.0 Å². The molecule has 0 spiro atoms. The second-order valence-corrected chi connectivity index (χ2v) is 6.26. The first-order valence-electron chi connectivity index (χ1n) is 6.81. The number of halogens is 1. The monoisotopic (exact) mass is 319 g/mol. The van der Waals surface area contributed by atoms with Gasteiger partial charge in [0, 0.05) is 13.2 Å². The predicted molar refractivity (Wildman–Crippen MR) is 78.1 cm³/mol. The van der Waals surface area contributed by atoms with E-state index in [9.17, 15) is 12.8 Å². The van der Waals surface area contributed by atoms with E-state index in [2.05, 4.69) is 4.72 Å². The van der Waals surface area contributed by atoms with Gasteiger partial charge in [0.05, 0.1) is 11.4 Å². The van der Waals surface area contributed by atoms with E-state index in [1.54, 1.807) is 27.7 Å². The second-order valence-electron chi connectivity index (χ2n) is 4.56. The molecule has 1 aromatic carbocycles. The van der Waals surface area contributed by atoms with Crippen molar-refractivity contribution in [1.82, 2.24) is 4.72 Å². The van der Waals surface area contributed by atoms with Crippen molar-refractivity contribution < 1.29 is 22.3 Å². The minimum Gasteiger partial charge on any atom is -0.352 e. The Morgan fingerprint density at radius 3 is 2.05 bits per heavy atom. The fourth-order valence-electron chi connectivity index (χ4n) is 2.11. The summed E-state index contributed by atoms with van der Waals surface area (Å²) < 4.78 is 51.0. The van der Waals surface area contributed by atoms with Crippen LogP contribution < -0.4 is 4.72 Å². The third-order valence-electron chi connectivity index (χ3n) is 2.84. The average molecular weight is 319 g/mol. The van der Waals surface area contributed by atoms with E-state index in [4.69, 9.17) is 9.47 Å². The molecule has 0 bridgehead atoms. The Labute approximate surface area is 125 Å². The van der Waals surface area contributed by atoms with Crippen LogP contribution in [0.1, 0.15) is 25.0 Å². The Bertz CT molecular complexity index is 545. The van der Waals surface area contributed by atoms with Crippen LogP contribution in [0.4, 0.5) is 4.39 Å². The molecule has 0 radical (unpaired) electrons. The molecule has 0 fully saturated rings. The van der Waals surface area contributed by atoms with Gasteiger partial charge in [0.15, 0.2) is 6.29 Å². The number of ether oxygens (including phenoxy) is 2. The van der Waals surface area contributed by atoms with Gasteiger partial charge in [-0.15, -0.1) is 0 Å². The molecule has 0 amide bonds. The van der Waals surface area contributed by atoms with E-state index in [-0.39, 0.29) is 11.4 Å². The molecule has 21 heavy (non-hydrogen) atoms. The maximum absolute atomic E-state index is 13.3. The molecule has 0 heterocycles. The molecule has 0 saturated heterocycles. The first kappa shape index (κ1) is 18.0. The fourth-order valence-corrected chi connectivity index (χ4v) is 3.57. The molecule has 1 aromatic rings. The zero-order valence-electron chi connectivity index (χ0n) is 12.8. The highest BCUT2D eigenvalue weighted by atomic mass is 32.2. The van der Waals surface area contributed by atoms with E-state index in [1.807, 2.05) is 0 Å². The van der Waals surface area contributed by atoms with Crippen LogP contribution in [0.3, 0.4) is 0 Å². The molecule has 0 aromatic heterocycles. The first-order chi connectivity index (χ1) is 9.81. The number of rotatable bonds is 8. The van der Waals surface area contributed by atoms with E-state index in [1.165, 1.54) is 12.1 Å². The molecule has 120 valence electrons. The Hall–Kier alpha value is -1.02. The topological polar surface area (TPSA) is 64.6 Å². The highest BCUT2D eigenvalue weighted by molar-refractivity contribution is 7.89. The summed E-state index contributed by atoms with van der Waals surface area (Å²) in [6.45, 7) is 7.56. The summed E-state index contributed by atoms with van der Waals surface area (Å²) in [6.07, 6.45) is -0.643. The van der Waals surface area contributed by atoms with Gasteiger partial charge in [-0.3, -0.25) is 0 Å². The van der Waals surface area contributed by atoms with E-state index in [0.29, 0.717) is 24.3 Å². The summed E-state index contributed by atoms with van der Waals surface area (Å²) in [6, 6.07) is 2.40. The van der Waals surface area contributed by atoms with Gasteiger partial charge in [-0.05, 0) is 51.0 Å². The van der Waals surface area contributed by atoms with Crippen molar-refractivity contribution in [3.63, 3.8) is 0 Å². The Balaban J connectivity index is 2.92. The van der Waals surface area contributed by atoms with Crippen LogP contribution in [0.5, 0.6) is 0 Å². The molecule has 0 aliphatic carbocycles. The zero-order chi connectivity index (χ0) is 16.0. The Morgan fingerprint density at radius 1 is 1.14 bits per heavy atom. The lowest BCUT2D eigenvalue weighted by Crippen LogP contribution is -2.36. The number of hydrogen-bond acceptors (Lipinski definition) is 4. The van der Waals surface area contributed by atoms with Gasteiger partial charge in [-0.2, -0.15) is 0 Å². The van der Waals surface area contributed by atoms with Crippen LogP contribution in [-0.2, 0) is 19.5 Å². The molecule has 1 N–H and O–H groups in total. The number of aryl methyl sites for hydroxylation is 2. The molecule has 0 atom stereocenters. The van der Waals surface area contributed by atoms with Crippen molar-refractivity contribution in [3.8, 4) is 0 Å². The predicted octanol–water partition coefficient (Wildman–Crippen LogP) is 2.12. The van der Waals surface area contributed by atoms with Gasteiger partial charge in [0.25, 0.3) is 0 Å². The molecular weight excluding hydrogens is 297 g/mol. The minimum atomic E-state index is -3.75. The van der Waals surface area contributed by atoms with Gasteiger partial charge in [0.2, 0.25) is 10.0 Å². The molecular formula is C14H22FNO4S. The van der Waals surface area contributed by atoms with Crippen molar-refractivity contribution in [2.24, 2.45) is 0 Å². The number of hydrogen-bond donors (Lipinski definition) is 1. The number of sulfonamides is 1. The molecule has 1 rings (SSSR count). The summed E-state index contributed by atoms with van der Waals surface area (Å²) >= 11 is 0. The van der Waals surface area contributed by atoms with Crippen LogP contribution in [0.2, 0.25) is 0 Å². The third kappa shape index (κ3) is 5.03. The average Bonchev–Trinajstić information content (AvgIpc) is 2.35. The SMILES string of the molecule is CCOC(CNS(=O)(=O)c1c(C)cc(F)cc1C)OCC. The summed E-state index contributed by atoms with van der Waals surface area (Å²) in [4.78, 5) is 0.0932. The Morgan fingerprint density at radius 2 is 1.62 bits per heavy atom. The van der Waals surface area contributed by atoms with Gasteiger partial charge >= 0.3 is 0 Å². The third-order valence-corrected chi connectivity index (χ3v) is 4.57. The lowest BCUT2D eigenvalue weighted by atomic mass is 10.1. The number of benzene rings is 1. The fraction of sp³-hybridized carbons (Fsp3) is 0.571. The van der Waals surface area contributed by atoms with Gasteiger partial charge in [-0.25, -0.2) is 17.5 Å². The van der Waals surface area contributed by atoms with Crippen molar-refractivity contribution in [2.45, 2.75) is 38.9 Å². The molecule has 0 saturated carbocycles. The normalized spacial score (nSPS) is 12.1. The lowest BCUT2D eigenvalue weighted by molar-refractivity contribution is -0.130. The molecule has 0 unspecified atom stereocenters. The number of nitrogens with one attached hydrogen (secondary N) is 1. The van der Waals surface area contributed by atoms with Crippen molar-refractivity contribution in [2.75, 3.05) is 19.8 Å². The molecule has 0 aliphatic heterocycles. The van der Waals surface area contributed by atoms with E-state index >= 15 is 0 Å². The van der Waals surface area contributed by atoms with Crippen molar-refractivity contribution in [1.29, 1.82) is 0 Å². The highest BCUT2D eigenvalue weighted by Gasteiger charge is 2.22. The van der Waals surface area contributed by atoms with Crippen molar-refractivity contribution >= 4 is 10.0 Å². The maximum atomic E-state index is 13.3. The summed E-state index contributed by atoms with van der Waals surface area (Å²) in [5, 5.41) is 0. The van der Waals surface area contributed by atoms with Crippen LogP contribution in [-0.4, -0.2) is 34.5 Å². The van der Waals surface area contributed by atoms with Gasteiger partial charge in [-0.1, -0.05) is 0 Å². The quantitative estimate of drug-likeness (QED) is 0.746. The van der Waals surface area contributed by atoms with Gasteiger partial charge in [0.1, 0.15) is 5.82 Å². The minimum absolute atomic E-state index is 0.000268. The van der Waals surface area contributed by atoms with Crippen molar-refractivity contribution in [3.05, 3.63) is 29.1 Å². The first-order valence-corrected chi connectivity index (χ1v) is 8.29.